The number of rotatable bonds is 4. The molecule has 2 aliphatic heterocycles. The van der Waals surface area contributed by atoms with Crippen LogP contribution >= 0.6 is 0 Å². The second-order valence-corrected chi connectivity index (χ2v) is 9.38. The minimum Gasteiger partial charge on any atom is -0.326 e. The van der Waals surface area contributed by atoms with Crippen molar-refractivity contribution in [1.82, 2.24) is 14.8 Å². The molecule has 0 bridgehead atoms. The van der Waals surface area contributed by atoms with Gasteiger partial charge in [-0.1, -0.05) is 55.0 Å². The number of fused-ring (bicyclic) bond motifs is 2. The Labute approximate surface area is 203 Å². The summed E-state index contributed by atoms with van der Waals surface area (Å²) in [6.07, 6.45) is 4.62. The molecule has 3 aromatic carbocycles. The van der Waals surface area contributed by atoms with Crippen molar-refractivity contribution in [3.63, 3.8) is 0 Å². The molecule has 0 radical (unpaired) electrons. The van der Waals surface area contributed by atoms with E-state index in [1.54, 1.807) is 4.90 Å². The molecule has 3 heterocycles. The first kappa shape index (κ1) is 21.5. The SMILES string of the molecule is O=C(Nc1cccc(-c2nnc3n2CCCCC3)c1)C1CC(=O)N(c2cccc3ccccc23)C1. The van der Waals surface area contributed by atoms with Gasteiger partial charge in [-0.25, -0.2) is 0 Å². The molecular formula is C28H27N5O2. The molecule has 0 aliphatic carbocycles. The van der Waals surface area contributed by atoms with Gasteiger partial charge >= 0.3 is 0 Å². The molecule has 1 saturated heterocycles. The lowest BCUT2D eigenvalue weighted by Gasteiger charge is -2.19. The van der Waals surface area contributed by atoms with E-state index < -0.39 is 5.92 Å². The highest BCUT2D eigenvalue weighted by atomic mass is 16.2. The van der Waals surface area contributed by atoms with Crippen LogP contribution in [-0.4, -0.2) is 33.1 Å². The zero-order chi connectivity index (χ0) is 23.8. The molecule has 4 aromatic rings. The van der Waals surface area contributed by atoms with Crippen molar-refractivity contribution in [1.29, 1.82) is 0 Å². The fourth-order valence-electron chi connectivity index (χ4n) is 5.24. The zero-order valence-corrected chi connectivity index (χ0v) is 19.5. The van der Waals surface area contributed by atoms with Gasteiger partial charge in [-0.15, -0.1) is 10.2 Å². The van der Waals surface area contributed by atoms with Gasteiger partial charge in [-0.05, 0) is 36.4 Å². The van der Waals surface area contributed by atoms with Crippen molar-refractivity contribution in [2.45, 2.75) is 38.6 Å². The van der Waals surface area contributed by atoms with E-state index in [4.69, 9.17) is 0 Å². The molecule has 6 rings (SSSR count). The van der Waals surface area contributed by atoms with Crippen LogP contribution in [0.5, 0.6) is 0 Å². The van der Waals surface area contributed by atoms with E-state index in [-0.39, 0.29) is 18.2 Å². The Kier molecular flexibility index (Phi) is 5.52. The van der Waals surface area contributed by atoms with Crippen molar-refractivity contribution < 1.29 is 9.59 Å². The van der Waals surface area contributed by atoms with E-state index in [2.05, 4.69) is 20.1 Å². The Bertz CT molecular complexity index is 1420. The highest BCUT2D eigenvalue weighted by Crippen LogP contribution is 2.32. The molecule has 1 unspecified atom stereocenters. The summed E-state index contributed by atoms with van der Waals surface area (Å²) < 4.78 is 2.20. The van der Waals surface area contributed by atoms with Gasteiger partial charge in [0.2, 0.25) is 11.8 Å². The van der Waals surface area contributed by atoms with Crippen molar-refractivity contribution >= 4 is 34.0 Å². The summed E-state index contributed by atoms with van der Waals surface area (Å²) in [5.74, 6) is 1.30. The lowest BCUT2D eigenvalue weighted by atomic mass is 10.1. The van der Waals surface area contributed by atoms with Gasteiger partial charge in [0.1, 0.15) is 5.82 Å². The van der Waals surface area contributed by atoms with E-state index in [9.17, 15) is 9.59 Å². The lowest BCUT2D eigenvalue weighted by Crippen LogP contribution is -2.28. The number of benzene rings is 3. The van der Waals surface area contributed by atoms with Crippen LogP contribution in [0.2, 0.25) is 0 Å². The molecule has 2 amide bonds. The monoisotopic (exact) mass is 465 g/mol. The number of carbonyl (C=O) groups is 2. The number of aryl methyl sites for hydroxylation is 1. The van der Waals surface area contributed by atoms with E-state index in [0.29, 0.717) is 12.2 Å². The Morgan fingerprint density at radius 2 is 1.80 bits per heavy atom. The fraction of sp³-hybridized carbons (Fsp3) is 0.286. The second-order valence-electron chi connectivity index (χ2n) is 9.38. The number of hydrogen-bond donors (Lipinski definition) is 1. The highest BCUT2D eigenvalue weighted by molar-refractivity contribution is 6.08. The Morgan fingerprint density at radius 1 is 0.943 bits per heavy atom. The standard InChI is InChI=1S/C28H27N5O2/c34-26-17-21(18-33(26)24-13-7-9-19-8-3-4-12-23(19)24)28(35)29-22-11-6-10-20(16-22)27-31-30-25-14-2-1-5-15-32(25)27/h3-4,6-13,16,21H,1-2,5,14-15,17-18H2,(H,29,35). The average Bonchev–Trinajstić information content (AvgIpc) is 3.39. The normalized spacial score (nSPS) is 17.9. The van der Waals surface area contributed by atoms with Crippen LogP contribution in [0.15, 0.2) is 66.7 Å². The minimum atomic E-state index is -0.408. The van der Waals surface area contributed by atoms with Gasteiger partial charge < -0.3 is 14.8 Å². The van der Waals surface area contributed by atoms with Gasteiger partial charge in [0.15, 0.2) is 5.82 Å². The summed E-state index contributed by atoms with van der Waals surface area (Å²) in [6.45, 7) is 1.29. The molecule has 2 aliphatic rings. The number of amides is 2. The van der Waals surface area contributed by atoms with Gasteiger partial charge in [-0.3, -0.25) is 9.59 Å². The number of aromatic nitrogens is 3. The molecular weight excluding hydrogens is 438 g/mol. The van der Waals surface area contributed by atoms with Gasteiger partial charge in [0.05, 0.1) is 11.6 Å². The predicted octanol–water partition coefficient (Wildman–Crippen LogP) is 4.82. The van der Waals surface area contributed by atoms with Crippen LogP contribution < -0.4 is 10.2 Å². The number of hydrogen-bond acceptors (Lipinski definition) is 4. The van der Waals surface area contributed by atoms with Crippen LogP contribution in [0.1, 0.15) is 31.5 Å². The lowest BCUT2D eigenvalue weighted by molar-refractivity contribution is -0.122. The molecule has 176 valence electrons. The number of nitrogens with zero attached hydrogens (tertiary/aromatic N) is 4. The Morgan fingerprint density at radius 3 is 2.74 bits per heavy atom. The van der Waals surface area contributed by atoms with Crippen molar-refractivity contribution in [3.8, 4) is 11.4 Å². The molecule has 35 heavy (non-hydrogen) atoms. The Balaban J connectivity index is 1.20. The van der Waals surface area contributed by atoms with E-state index in [0.717, 1.165) is 59.5 Å². The van der Waals surface area contributed by atoms with Crippen LogP contribution in [0.3, 0.4) is 0 Å². The maximum atomic E-state index is 13.2. The fourth-order valence-corrected chi connectivity index (χ4v) is 5.24. The van der Waals surface area contributed by atoms with Crippen LogP contribution in [0.4, 0.5) is 11.4 Å². The third kappa shape index (κ3) is 4.07. The van der Waals surface area contributed by atoms with Gasteiger partial charge in [0, 0.05) is 42.6 Å². The summed E-state index contributed by atoms with van der Waals surface area (Å²) in [5.41, 5.74) is 2.50. The van der Waals surface area contributed by atoms with Crippen LogP contribution in [0.25, 0.3) is 22.2 Å². The summed E-state index contributed by atoms with van der Waals surface area (Å²) in [7, 11) is 0. The molecule has 1 fully saturated rings. The number of carbonyl (C=O) groups excluding carboxylic acids is 2. The van der Waals surface area contributed by atoms with E-state index in [1.165, 1.54) is 6.42 Å². The van der Waals surface area contributed by atoms with Crippen molar-refractivity contribution in [2.24, 2.45) is 5.92 Å². The minimum absolute atomic E-state index is 0.0265. The summed E-state index contributed by atoms with van der Waals surface area (Å²) in [4.78, 5) is 27.8. The first-order valence-electron chi connectivity index (χ1n) is 12.3. The molecule has 0 saturated carbocycles. The second kappa shape index (κ2) is 8.98. The highest BCUT2D eigenvalue weighted by Gasteiger charge is 2.35. The third-order valence-electron chi connectivity index (χ3n) is 7.05. The topological polar surface area (TPSA) is 80.1 Å². The molecule has 1 atom stereocenters. The average molecular weight is 466 g/mol. The van der Waals surface area contributed by atoms with Crippen molar-refractivity contribution in [2.75, 3.05) is 16.8 Å². The molecule has 7 heteroatoms. The molecule has 1 aromatic heterocycles. The smallest absolute Gasteiger partial charge is 0.229 e. The summed E-state index contributed by atoms with van der Waals surface area (Å²) in [5, 5.41) is 14.0. The van der Waals surface area contributed by atoms with Crippen molar-refractivity contribution in [3.05, 3.63) is 72.6 Å². The zero-order valence-electron chi connectivity index (χ0n) is 19.5. The maximum absolute atomic E-state index is 13.2. The van der Waals surface area contributed by atoms with Crippen LogP contribution in [0, 0.1) is 5.92 Å². The molecule has 1 N–H and O–H groups in total. The molecule has 7 nitrogen and oxygen atoms in total. The Hall–Kier alpha value is -4.00. The van der Waals surface area contributed by atoms with Gasteiger partial charge in [0.25, 0.3) is 0 Å². The number of nitrogens with one attached hydrogen (secondary N) is 1. The number of anilines is 2. The maximum Gasteiger partial charge on any atom is 0.229 e. The van der Waals surface area contributed by atoms with Crippen LogP contribution in [-0.2, 0) is 22.6 Å². The van der Waals surface area contributed by atoms with E-state index in [1.807, 2.05) is 66.7 Å². The molecule has 0 spiro atoms. The summed E-state index contributed by atoms with van der Waals surface area (Å²) >= 11 is 0. The quantitative estimate of drug-likeness (QED) is 0.469. The summed E-state index contributed by atoms with van der Waals surface area (Å²) in [6, 6.07) is 21.7. The predicted molar refractivity (Wildman–Crippen MR) is 136 cm³/mol. The first-order chi connectivity index (χ1) is 17.2. The third-order valence-corrected chi connectivity index (χ3v) is 7.05. The van der Waals surface area contributed by atoms with E-state index >= 15 is 0 Å². The largest absolute Gasteiger partial charge is 0.326 e. The first-order valence-corrected chi connectivity index (χ1v) is 12.3. The van der Waals surface area contributed by atoms with Gasteiger partial charge in [-0.2, -0.15) is 0 Å².